The summed E-state index contributed by atoms with van der Waals surface area (Å²) in [6, 6.07) is 16.2. The smallest absolute Gasteiger partial charge is 0.240 e. The predicted molar refractivity (Wildman–Crippen MR) is 122 cm³/mol. The molecule has 0 spiro atoms. The molecule has 10 heteroatoms. The minimum absolute atomic E-state index is 0. The molecule has 0 fully saturated rings. The van der Waals surface area contributed by atoms with Gasteiger partial charge in [-0.05, 0) is 49.4 Å². The van der Waals surface area contributed by atoms with Crippen molar-refractivity contribution in [1.82, 2.24) is 14.7 Å². The van der Waals surface area contributed by atoms with Gasteiger partial charge in [-0.2, -0.15) is 18.8 Å². The zero-order valence-electron chi connectivity index (χ0n) is 16.5. The zero-order valence-corrected chi connectivity index (χ0v) is 18.3. The highest BCUT2D eigenvalue weighted by atomic mass is 32.2. The van der Waals surface area contributed by atoms with E-state index >= 15 is 0 Å². The lowest BCUT2D eigenvalue weighted by atomic mass is 10.1. The van der Waals surface area contributed by atoms with Crippen molar-refractivity contribution in [3.8, 4) is 6.07 Å². The second-order valence-corrected chi connectivity index (χ2v) is 8.14. The largest absolute Gasteiger partial charge is 0.340 e. The SMILES string of the molecule is CNS(=O)(=O)c1ccc(C)c(Nc2cc(Nc3ccc(CC#N)cc3)ncn2)c1.S. The van der Waals surface area contributed by atoms with E-state index in [1.807, 2.05) is 31.2 Å². The maximum Gasteiger partial charge on any atom is 0.240 e. The summed E-state index contributed by atoms with van der Waals surface area (Å²) in [5.74, 6) is 1.10. The Morgan fingerprint density at radius 3 is 2.30 bits per heavy atom. The van der Waals surface area contributed by atoms with Crippen LogP contribution in [0.25, 0.3) is 0 Å². The third-order valence-electron chi connectivity index (χ3n) is 4.23. The number of aromatic nitrogens is 2. The number of nitriles is 1. The van der Waals surface area contributed by atoms with Crippen LogP contribution in [0, 0.1) is 18.3 Å². The molecule has 3 aromatic rings. The first-order chi connectivity index (χ1) is 13.9. The van der Waals surface area contributed by atoms with Crippen molar-refractivity contribution in [2.24, 2.45) is 0 Å². The fourth-order valence-electron chi connectivity index (χ4n) is 2.60. The van der Waals surface area contributed by atoms with Gasteiger partial charge in [0.05, 0.1) is 17.4 Å². The third kappa shape index (κ3) is 5.70. The van der Waals surface area contributed by atoms with Crippen LogP contribution in [0.1, 0.15) is 11.1 Å². The number of nitrogens with one attached hydrogen (secondary N) is 3. The maximum atomic E-state index is 12.0. The average Bonchev–Trinajstić information content (AvgIpc) is 2.71. The van der Waals surface area contributed by atoms with E-state index in [4.69, 9.17) is 5.26 Å². The van der Waals surface area contributed by atoms with Crippen molar-refractivity contribution in [3.63, 3.8) is 0 Å². The molecule has 3 N–H and O–H groups in total. The molecular weight excluding hydrogens is 420 g/mol. The monoisotopic (exact) mass is 442 g/mol. The molecular formula is C20H22N6O2S2. The number of aryl methyl sites for hydroxylation is 1. The molecule has 0 saturated carbocycles. The van der Waals surface area contributed by atoms with E-state index in [0.29, 0.717) is 23.7 Å². The van der Waals surface area contributed by atoms with Gasteiger partial charge >= 0.3 is 0 Å². The standard InChI is InChI=1S/C20H20N6O2S.H2S/c1-14-3-8-17(29(27,28)22-2)11-18(14)26-20-12-19(23-13-24-20)25-16-6-4-15(5-7-16)9-10-21;/h3-8,11-13,22H,9H2,1-2H3,(H2,23,24,25,26);1H2. The molecule has 8 nitrogen and oxygen atoms in total. The van der Waals surface area contributed by atoms with Crippen LogP contribution in [0.2, 0.25) is 0 Å². The molecule has 0 aliphatic heterocycles. The molecule has 1 heterocycles. The first-order valence-electron chi connectivity index (χ1n) is 8.77. The number of hydrogen-bond donors (Lipinski definition) is 3. The Kier molecular flexibility index (Phi) is 7.77. The van der Waals surface area contributed by atoms with E-state index in [0.717, 1.165) is 16.8 Å². The molecule has 3 rings (SSSR count). The Hall–Kier alpha value is -3.13. The summed E-state index contributed by atoms with van der Waals surface area (Å²) in [4.78, 5) is 8.58. The number of rotatable bonds is 7. The van der Waals surface area contributed by atoms with Crippen molar-refractivity contribution in [3.05, 3.63) is 66.0 Å². The van der Waals surface area contributed by atoms with Crippen LogP contribution in [0.3, 0.4) is 0 Å². The van der Waals surface area contributed by atoms with Gasteiger partial charge in [0, 0.05) is 17.4 Å². The van der Waals surface area contributed by atoms with Crippen LogP contribution < -0.4 is 15.4 Å². The second-order valence-electron chi connectivity index (χ2n) is 6.25. The molecule has 1 aromatic heterocycles. The fraction of sp³-hybridized carbons (Fsp3) is 0.150. The molecule has 0 amide bonds. The molecule has 156 valence electrons. The molecule has 2 aromatic carbocycles. The predicted octanol–water partition coefficient (Wildman–Crippen LogP) is 3.36. The van der Waals surface area contributed by atoms with Crippen molar-refractivity contribution < 1.29 is 8.42 Å². The average molecular weight is 443 g/mol. The van der Waals surface area contributed by atoms with E-state index in [2.05, 4.69) is 31.4 Å². The molecule has 0 unspecified atom stereocenters. The number of hydrogen-bond acceptors (Lipinski definition) is 7. The lowest BCUT2D eigenvalue weighted by Gasteiger charge is -2.12. The summed E-state index contributed by atoms with van der Waals surface area (Å²) in [6.45, 7) is 1.88. The quantitative estimate of drug-likeness (QED) is 0.513. The van der Waals surface area contributed by atoms with Gasteiger partial charge in [0.2, 0.25) is 10.0 Å². The van der Waals surface area contributed by atoms with E-state index in [1.54, 1.807) is 24.3 Å². The van der Waals surface area contributed by atoms with Crippen LogP contribution in [0.5, 0.6) is 0 Å². The van der Waals surface area contributed by atoms with E-state index in [9.17, 15) is 8.42 Å². The van der Waals surface area contributed by atoms with Gasteiger partial charge in [-0.15, -0.1) is 0 Å². The Bertz CT molecular complexity index is 1160. The van der Waals surface area contributed by atoms with Crippen molar-refractivity contribution in [1.29, 1.82) is 5.26 Å². The fourth-order valence-corrected chi connectivity index (χ4v) is 3.35. The van der Waals surface area contributed by atoms with Gasteiger partial charge in [0.1, 0.15) is 18.0 Å². The molecule has 30 heavy (non-hydrogen) atoms. The Morgan fingerprint density at radius 1 is 1.00 bits per heavy atom. The van der Waals surface area contributed by atoms with Gasteiger partial charge in [0.25, 0.3) is 0 Å². The molecule has 0 saturated heterocycles. The first-order valence-corrected chi connectivity index (χ1v) is 10.3. The van der Waals surface area contributed by atoms with Gasteiger partial charge in [-0.25, -0.2) is 23.1 Å². The minimum Gasteiger partial charge on any atom is -0.340 e. The maximum absolute atomic E-state index is 12.0. The van der Waals surface area contributed by atoms with E-state index in [-0.39, 0.29) is 18.4 Å². The number of sulfonamides is 1. The number of anilines is 4. The Morgan fingerprint density at radius 2 is 1.67 bits per heavy atom. The number of benzene rings is 2. The summed E-state index contributed by atoms with van der Waals surface area (Å²) < 4.78 is 26.4. The summed E-state index contributed by atoms with van der Waals surface area (Å²) in [5, 5.41) is 15.1. The van der Waals surface area contributed by atoms with Gasteiger partial charge in [-0.3, -0.25) is 0 Å². The van der Waals surface area contributed by atoms with Crippen molar-refractivity contribution in [2.75, 3.05) is 17.7 Å². The highest BCUT2D eigenvalue weighted by Crippen LogP contribution is 2.24. The first kappa shape index (κ1) is 23.2. The summed E-state index contributed by atoms with van der Waals surface area (Å²) in [7, 11) is -2.17. The summed E-state index contributed by atoms with van der Waals surface area (Å²) in [6.07, 6.45) is 1.78. The molecule has 0 bridgehead atoms. The minimum atomic E-state index is -3.54. The van der Waals surface area contributed by atoms with Crippen molar-refractivity contribution in [2.45, 2.75) is 18.2 Å². The second kappa shape index (κ2) is 10.1. The van der Waals surface area contributed by atoms with Crippen LogP contribution in [-0.4, -0.2) is 25.4 Å². The van der Waals surface area contributed by atoms with Gasteiger partial charge < -0.3 is 10.6 Å². The molecule has 0 atom stereocenters. The van der Waals surface area contributed by atoms with E-state index < -0.39 is 10.0 Å². The topological polar surface area (TPSA) is 120 Å². The van der Waals surface area contributed by atoms with Crippen LogP contribution in [0.15, 0.2) is 59.8 Å². The zero-order chi connectivity index (χ0) is 20.9. The lowest BCUT2D eigenvalue weighted by Crippen LogP contribution is -2.18. The van der Waals surface area contributed by atoms with Gasteiger partial charge in [-0.1, -0.05) is 18.2 Å². The highest BCUT2D eigenvalue weighted by molar-refractivity contribution is 7.89. The summed E-state index contributed by atoms with van der Waals surface area (Å²) in [5.41, 5.74) is 3.28. The van der Waals surface area contributed by atoms with Crippen LogP contribution >= 0.6 is 13.5 Å². The normalized spacial score (nSPS) is 10.6. The van der Waals surface area contributed by atoms with Gasteiger partial charge in [0.15, 0.2) is 0 Å². The Labute approximate surface area is 182 Å². The molecule has 0 radical (unpaired) electrons. The third-order valence-corrected chi connectivity index (χ3v) is 5.64. The van der Waals surface area contributed by atoms with Crippen LogP contribution in [0.4, 0.5) is 23.0 Å². The van der Waals surface area contributed by atoms with Crippen LogP contribution in [-0.2, 0) is 16.4 Å². The summed E-state index contributed by atoms with van der Waals surface area (Å²) >= 11 is 0. The highest BCUT2D eigenvalue weighted by Gasteiger charge is 2.13. The lowest BCUT2D eigenvalue weighted by molar-refractivity contribution is 0.588. The number of nitrogens with zero attached hydrogens (tertiary/aromatic N) is 3. The Balaban J connectivity index is 0.00000320. The molecule has 0 aliphatic carbocycles. The van der Waals surface area contributed by atoms with E-state index in [1.165, 1.54) is 13.4 Å². The molecule has 0 aliphatic rings. The van der Waals surface area contributed by atoms with Crippen molar-refractivity contribution >= 4 is 46.5 Å².